The molecular weight excluding hydrogens is 260 g/mol. The maximum atomic E-state index is 12.7. The zero-order valence-electron chi connectivity index (χ0n) is 12.2. The van der Waals surface area contributed by atoms with Crippen molar-refractivity contribution >= 4 is 10.0 Å². The smallest absolute Gasteiger partial charge is 0.243 e. The molecule has 0 heterocycles. The van der Waals surface area contributed by atoms with E-state index in [0.29, 0.717) is 24.4 Å². The van der Waals surface area contributed by atoms with Crippen molar-refractivity contribution in [3.63, 3.8) is 0 Å². The van der Waals surface area contributed by atoms with Gasteiger partial charge in [0.15, 0.2) is 0 Å². The molecule has 0 spiro atoms. The first-order valence-electron chi connectivity index (χ1n) is 6.60. The summed E-state index contributed by atoms with van der Waals surface area (Å²) in [4.78, 5) is 0.401. The van der Waals surface area contributed by atoms with Crippen LogP contribution in [0, 0.1) is 13.8 Å². The highest BCUT2D eigenvalue weighted by Gasteiger charge is 2.27. The molecule has 2 N–H and O–H groups in total. The molecule has 1 aromatic carbocycles. The molecule has 19 heavy (non-hydrogen) atoms. The largest absolute Gasteiger partial charge is 0.330 e. The van der Waals surface area contributed by atoms with Crippen molar-refractivity contribution < 1.29 is 8.42 Å². The minimum Gasteiger partial charge on any atom is -0.330 e. The summed E-state index contributed by atoms with van der Waals surface area (Å²) in [5.41, 5.74) is 7.22. The van der Waals surface area contributed by atoms with E-state index < -0.39 is 10.0 Å². The van der Waals surface area contributed by atoms with Crippen molar-refractivity contribution in [2.24, 2.45) is 5.73 Å². The molecule has 0 bridgehead atoms. The van der Waals surface area contributed by atoms with Crippen LogP contribution in [0.25, 0.3) is 0 Å². The number of benzene rings is 1. The molecular formula is C14H24N2O2S. The summed E-state index contributed by atoms with van der Waals surface area (Å²) in [5.74, 6) is 0. The quantitative estimate of drug-likeness (QED) is 0.869. The first kappa shape index (κ1) is 16.1. The maximum absolute atomic E-state index is 12.7. The Balaban J connectivity index is 3.22. The van der Waals surface area contributed by atoms with Crippen molar-refractivity contribution in [1.29, 1.82) is 0 Å². The van der Waals surface area contributed by atoms with Gasteiger partial charge in [-0.1, -0.05) is 12.1 Å². The average Bonchev–Trinajstić information content (AvgIpc) is 2.32. The van der Waals surface area contributed by atoms with Gasteiger partial charge in [-0.25, -0.2) is 8.42 Å². The summed E-state index contributed by atoms with van der Waals surface area (Å²) in [6, 6.07) is 5.44. The lowest BCUT2D eigenvalue weighted by Crippen LogP contribution is -2.38. The van der Waals surface area contributed by atoms with Gasteiger partial charge in [-0.2, -0.15) is 4.31 Å². The fourth-order valence-corrected chi connectivity index (χ4v) is 4.00. The molecule has 4 nitrogen and oxygen atoms in total. The van der Waals surface area contributed by atoms with E-state index in [1.807, 2.05) is 39.8 Å². The number of sulfonamides is 1. The monoisotopic (exact) mass is 284 g/mol. The molecule has 0 aliphatic carbocycles. The molecule has 0 radical (unpaired) electrons. The Kier molecular flexibility index (Phi) is 5.52. The van der Waals surface area contributed by atoms with Gasteiger partial charge in [-0.3, -0.25) is 0 Å². The third-order valence-electron chi connectivity index (χ3n) is 3.09. The van der Waals surface area contributed by atoms with Gasteiger partial charge in [0, 0.05) is 12.6 Å². The Morgan fingerprint density at radius 2 is 1.89 bits per heavy atom. The van der Waals surface area contributed by atoms with Gasteiger partial charge in [0.2, 0.25) is 10.0 Å². The second kappa shape index (κ2) is 6.50. The summed E-state index contributed by atoms with van der Waals surface area (Å²) < 4.78 is 27.0. The van der Waals surface area contributed by atoms with Crippen LogP contribution in [0.15, 0.2) is 23.1 Å². The van der Waals surface area contributed by atoms with E-state index in [1.54, 1.807) is 6.07 Å². The van der Waals surface area contributed by atoms with Crippen LogP contribution < -0.4 is 5.73 Å². The SMILES string of the molecule is Cc1ccc(C)c(S(=O)(=O)N(CCCN)C(C)C)c1. The number of rotatable bonds is 6. The molecule has 0 fully saturated rings. The molecule has 1 aromatic rings. The first-order chi connectivity index (χ1) is 8.80. The van der Waals surface area contributed by atoms with Crippen LogP contribution in [0.2, 0.25) is 0 Å². The molecule has 0 aromatic heterocycles. The summed E-state index contributed by atoms with van der Waals surface area (Å²) in [6.07, 6.45) is 0.669. The lowest BCUT2D eigenvalue weighted by atomic mass is 10.2. The summed E-state index contributed by atoms with van der Waals surface area (Å²) in [7, 11) is -3.45. The van der Waals surface area contributed by atoms with Gasteiger partial charge >= 0.3 is 0 Å². The highest BCUT2D eigenvalue weighted by Crippen LogP contribution is 2.23. The molecule has 0 unspecified atom stereocenters. The molecule has 108 valence electrons. The van der Waals surface area contributed by atoms with Gasteiger partial charge in [0.25, 0.3) is 0 Å². The van der Waals surface area contributed by atoms with Gasteiger partial charge < -0.3 is 5.73 Å². The Labute approximate surface area is 116 Å². The molecule has 0 saturated carbocycles. The van der Waals surface area contributed by atoms with Crippen molar-refractivity contribution in [3.8, 4) is 0 Å². The lowest BCUT2D eigenvalue weighted by Gasteiger charge is -2.26. The highest BCUT2D eigenvalue weighted by atomic mass is 32.2. The Morgan fingerprint density at radius 1 is 1.26 bits per heavy atom. The van der Waals surface area contributed by atoms with Crippen LogP contribution in [-0.4, -0.2) is 31.9 Å². The number of hydrogen-bond donors (Lipinski definition) is 1. The summed E-state index contributed by atoms with van der Waals surface area (Å²) in [6.45, 7) is 8.46. The first-order valence-corrected chi connectivity index (χ1v) is 8.04. The number of nitrogens with two attached hydrogens (primary N) is 1. The minimum atomic E-state index is -3.45. The molecule has 1 rings (SSSR count). The number of hydrogen-bond acceptors (Lipinski definition) is 3. The van der Waals surface area contributed by atoms with E-state index in [0.717, 1.165) is 11.1 Å². The van der Waals surface area contributed by atoms with Crippen LogP contribution >= 0.6 is 0 Å². The second-order valence-corrected chi connectivity index (χ2v) is 6.98. The topological polar surface area (TPSA) is 63.4 Å². The third-order valence-corrected chi connectivity index (χ3v) is 5.31. The van der Waals surface area contributed by atoms with Crippen LogP contribution in [0.5, 0.6) is 0 Å². The van der Waals surface area contributed by atoms with Gasteiger partial charge in [-0.05, 0) is 57.9 Å². The fraction of sp³-hybridized carbons (Fsp3) is 0.571. The van der Waals surface area contributed by atoms with Crippen molar-refractivity contribution in [2.75, 3.05) is 13.1 Å². The maximum Gasteiger partial charge on any atom is 0.243 e. The highest BCUT2D eigenvalue weighted by molar-refractivity contribution is 7.89. The normalized spacial score (nSPS) is 12.4. The van der Waals surface area contributed by atoms with Crippen molar-refractivity contribution in [1.82, 2.24) is 4.31 Å². The molecule has 0 amide bonds. The zero-order chi connectivity index (χ0) is 14.6. The van der Waals surface area contributed by atoms with Gasteiger partial charge in [-0.15, -0.1) is 0 Å². The van der Waals surface area contributed by atoms with E-state index in [-0.39, 0.29) is 6.04 Å². The summed E-state index contributed by atoms with van der Waals surface area (Å²) in [5, 5.41) is 0. The van der Waals surface area contributed by atoms with E-state index in [1.165, 1.54) is 4.31 Å². The van der Waals surface area contributed by atoms with E-state index in [9.17, 15) is 8.42 Å². The Morgan fingerprint density at radius 3 is 2.42 bits per heavy atom. The average molecular weight is 284 g/mol. The van der Waals surface area contributed by atoms with Gasteiger partial charge in [0.05, 0.1) is 4.90 Å². The minimum absolute atomic E-state index is 0.0727. The van der Waals surface area contributed by atoms with Crippen LogP contribution in [0.4, 0.5) is 0 Å². The number of aryl methyl sites for hydroxylation is 2. The van der Waals surface area contributed by atoms with Crippen molar-refractivity contribution in [3.05, 3.63) is 29.3 Å². The van der Waals surface area contributed by atoms with E-state index >= 15 is 0 Å². The predicted octanol–water partition coefficient (Wildman–Crippen LogP) is 2.05. The molecule has 0 aliphatic rings. The van der Waals surface area contributed by atoms with E-state index in [2.05, 4.69) is 0 Å². The van der Waals surface area contributed by atoms with E-state index in [4.69, 9.17) is 5.73 Å². The lowest BCUT2D eigenvalue weighted by molar-refractivity contribution is 0.351. The Bertz CT molecular complexity index is 524. The number of nitrogens with zero attached hydrogens (tertiary/aromatic N) is 1. The zero-order valence-corrected chi connectivity index (χ0v) is 13.0. The summed E-state index contributed by atoms with van der Waals surface area (Å²) >= 11 is 0. The molecule has 0 aliphatic heterocycles. The van der Waals surface area contributed by atoms with Crippen molar-refractivity contribution in [2.45, 2.75) is 45.1 Å². The van der Waals surface area contributed by atoms with Crippen LogP contribution in [0.1, 0.15) is 31.4 Å². The van der Waals surface area contributed by atoms with Crippen LogP contribution in [-0.2, 0) is 10.0 Å². The third kappa shape index (κ3) is 3.78. The van der Waals surface area contributed by atoms with Crippen LogP contribution in [0.3, 0.4) is 0 Å². The molecule has 0 atom stereocenters. The fourth-order valence-electron chi connectivity index (χ4n) is 2.01. The molecule has 0 saturated heterocycles. The Hall–Kier alpha value is -0.910. The predicted molar refractivity (Wildman–Crippen MR) is 78.6 cm³/mol. The molecule has 5 heteroatoms. The van der Waals surface area contributed by atoms with Gasteiger partial charge in [0.1, 0.15) is 0 Å². The second-order valence-electron chi connectivity index (χ2n) is 5.12. The standard InChI is InChI=1S/C14H24N2O2S/c1-11(2)16(9-5-8-15)19(17,18)14-10-12(3)6-7-13(14)4/h6-7,10-11H,5,8-9,15H2,1-4H3.